The van der Waals surface area contributed by atoms with Gasteiger partial charge in [0.2, 0.25) is 0 Å². The standard InChI is InChI=1S/C18H25F3N2O3/c1-24-16-12-14(26-18(19,20)21)2-3-15(16)17(13-4-10-25-11-5-13)23-8-6-22-7-9-23/h2-3,12-13,17,22H,4-11H2,1H3/t17-/m1/s1. The second kappa shape index (κ2) is 8.45. The number of nitrogens with one attached hydrogen (secondary N) is 1. The van der Waals surface area contributed by atoms with Gasteiger partial charge in [0, 0.05) is 57.1 Å². The van der Waals surface area contributed by atoms with Crippen molar-refractivity contribution in [1.29, 1.82) is 0 Å². The van der Waals surface area contributed by atoms with Crippen LogP contribution in [0.1, 0.15) is 24.4 Å². The maximum absolute atomic E-state index is 12.5. The van der Waals surface area contributed by atoms with Gasteiger partial charge >= 0.3 is 6.36 Å². The Morgan fingerprint density at radius 2 is 1.88 bits per heavy atom. The lowest BCUT2D eigenvalue weighted by Crippen LogP contribution is -2.47. The van der Waals surface area contributed by atoms with Crippen molar-refractivity contribution in [3.8, 4) is 11.5 Å². The molecule has 3 rings (SSSR count). The molecule has 26 heavy (non-hydrogen) atoms. The van der Waals surface area contributed by atoms with E-state index in [-0.39, 0.29) is 11.8 Å². The van der Waals surface area contributed by atoms with Gasteiger partial charge in [-0.05, 0) is 24.8 Å². The lowest BCUT2D eigenvalue weighted by molar-refractivity contribution is -0.274. The smallest absolute Gasteiger partial charge is 0.496 e. The van der Waals surface area contributed by atoms with E-state index in [0.29, 0.717) is 24.9 Å². The Hall–Kier alpha value is -1.51. The van der Waals surface area contributed by atoms with Crippen molar-refractivity contribution in [3.63, 3.8) is 0 Å². The largest absolute Gasteiger partial charge is 0.573 e. The summed E-state index contributed by atoms with van der Waals surface area (Å²) >= 11 is 0. The minimum atomic E-state index is -4.72. The fourth-order valence-electron chi connectivity index (χ4n) is 3.87. The van der Waals surface area contributed by atoms with Gasteiger partial charge in [0.1, 0.15) is 11.5 Å². The van der Waals surface area contributed by atoms with Crippen LogP contribution in [0.3, 0.4) is 0 Å². The van der Waals surface area contributed by atoms with Gasteiger partial charge in [-0.2, -0.15) is 0 Å². The first-order chi connectivity index (χ1) is 12.5. The lowest BCUT2D eigenvalue weighted by Gasteiger charge is -2.41. The number of hydrogen-bond donors (Lipinski definition) is 1. The van der Waals surface area contributed by atoms with E-state index >= 15 is 0 Å². The first-order valence-corrected chi connectivity index (χ1v) is 8.94. The molecule has 0 aromatic heterocycles. The molecule has 8 heteroatoms. The predicted octanol–water partition coefficient (Wildman–Crippen LogP) is 2.97. The number of methoxy groups -OCH3 is 1. The van der Waals surface area contributed by atoms with Crippen molar-refractivity contribution in [2.45, 2.75) is 25.2 Å². The summed E-state index contributed by atoms with van der Waals surface area (Å²) in [5.41, 5.74) is 0.913. The van der Waals surface area contributed by atoms with Crippen LogP contribution < -0.4 is 14.8 Å². The summed E-state index contributed by atoms with van der Waals surface area (Å²) in [4.78, 5) is 2.40. The number of ether oxygens (including phenoxy) is 3. The molecule has 2 heterocycles. The van der Waals surface area contributed by atoms with Crippen molar-refractivity contribution in [2.75, 3.05) is 46.5 Å². The van der Waals surface area contributed by atoms with Crippen LogP contribution >= 0.6 is 0 Å². The van der Waals surface area contributed by atoms with Gasteiger partial charge in [0.05, 0.1) is 7.11 Å². The van der Waals surface area contributed by atoms with E-state index in [0.717, 1.165) is 44.6 Å². The fraction of sp³-hybridized carbons (Fsp3) is 0.667. The second-order valence-electron chi connectivity index (χ2n) is 6.63. The number of nitrogens with zero attached hydrogens (tertiary/aromatic N) is 1. The molecular weight excluding hydrogens is 349 g/mol. The van der Waals surface area contributed by atoms with Crippen molar-refractivity contribution >= 4 is 0 Å². The monoisotopic (exact) mass is 374 g/mol. The maximum Gasteiger partial charge on any atom is 0.573 e. The Labute approximate surface area is 151 Å². The summed E-state index contributed by atoms with van der Waals surface area (Å²) in [6.07, 6.45) is -2.86. The normalized spacial score (nSPS) is 21.4. The average molecular weight is 374 g/mol. The number of alkyl halides is 3. The molecular formula is C18H25F3N2O3. The van der Waals surface area contributed by atoms with Gasteiger partial charge in [0.15, 0.2) is 0 Å². The summed E-state index contributed by atoms with van der Waals surface area (Å²) in [6.45, 7) is 5.02. The molecule has 0 saturated carbocycles. The highest BCUT2D eigenvalue weighted by Crippen LogP contribution is 2.41. The predicted molar refractivity (Wildman–Crippen MR) is 90.4 cm³/mol. The molecule has 146 valence electrons. The highest BCUT2D eigenvalue weighted by atomic mass is 19.4. The van der Waals surface area contributed by atoms with E-state index in [1.54, 1.807) is 6.07 Å². The molecule has 2 saturated heterocycles. The third-order valence-electron chi connectivity index (χ3n) is 5.01. The van der Waals surface area contributed by atoms with Gasteiger partial charge in [-0.1, -0.05) is 6.07 Å². The van der Waals surface area contributed by atoms with E-state index in [1.165, 1.54) is 19.2 Å². The number of rotatable bonds is 5. The molecule has 0 bridgehead atoms. The molecule has 0 amide bonds. The van der Waals surface area contributed by atoms with Crippen molar-refractivity contribution in [1.82, 2.24) is 10.2 Å². The molecule has 2 aliphatic heterocycles. The molecule has 2 fully saturated rings. The summed E-state index contributed by atoms with van der Waals surface area (Å²) in [5, 5.41) is 3.34. The summed E-state index contributed by atoms with van der Waals surface area (Å²) in [5.74, 6) is 0.552. The van der Waals surface area contributed by atoms with Crippen LogP contribution in [0.4, 0.5) is 13.2 Å². The second-order valence-corrected chi connectivity index (χ2v) is 6.63. The Kier molecular flexibility index (Phi) is 6.26. The molecule has 2 aliphatic rings. The maximum atomic E-state index is 12.5. The molecule has 1 N–H and O–H groups in total. The van der Waals surface area contributed by atoms with E-state index in [2.05, 4.69) is 15.0 Å². The van der Waals surface area contributed by atoms with Crippen LogP contribution in [0.25, 0.3) is 0 Å². The van der Waals surface area contributed by atoms with E-state index in [9.17, 15) is 13.2 Å². The highest BCUT2D eigenvalue weighted by molar-refractivity contribution is 5.43. The number of benzene rings is 1. The van der Waals surface area contributed by atoms with Crippen molar-refractivity contribution < 1.29 is 27.4 Å². The van der Waals surface area contributed by atoms with Gasteiger partial charge in [0.25, 0.3) is 0 Å². The average Bonchev–Trinajstić information content (AvgIpc) is 2.63. The summed E-state index contributed by atoms with van der Waals surface area (Å²) in [6, 6.07) is 4.51. The molecule has 1 aromatic rings. The van der Waals surface area contributed by atoms with E-state index in [1.807, 2.05) is 0 Å². The lowest BCUT2D eigenvalue weighted by atomic mass is 9.85. The molecule has 0 aliphatic carbocycles. The van der Waals surface area contributed by atoms with Crippen LogP contribution in [0, 0.1) is 5.92 Å². The van der Waals surface area contributed by atoms with Gasteiger partial charge in [-0.25, -0.2) is 0 Å². The van der Waals surface area contributed by atoms with Gasteiger partial charge in [-0.15, -0.1) is 13.2 Å². The quantitative estimate of drug-likeness (QED) is 0.858. The topological polar surface area (TPSA) is 43.0 Å². The Bertz CT molecular complexity index is 568. The minimum absolute atomic E-state index is 0.0934. The zero-order valence-electron chi connectivity index (χ0n) is 14.8. The van der Waals surface area contributed by atoms with Crippen molar-refractivity contribution in [3.05, 3.63) is 23.8 Å². The van der Waals surface area contributed by atoms with Crippen LogP contribution in [-0.2, 0) is 4.74 Å². The van der Waals surface area contributed by atoms with E-state index in [4.69, 9.17) is 9.47 Å². The van der Waals surface area contributed by atoms with Crippen LogP contribution in [0.15, 0.2) is 18.2 Å². The van der Waals surface area contributed by atoms with E-state index < -0.39 is 6.36 Å². The molecule has 1 atom stereocenters. The van der Waals surface area contributed by atoms with Crippen LogP contribution in [0.5, 0.6) is 11.5 Å². The first-order valence-electron chi connectivity index (χ1n) is 8.94. The highest BCUT2D eigenvalue weighted by Gasteiger charge is 2.35. The molecule has 0 unspecified atom stereocenters. The Balaban J connectivity index is 1.91. The minimum Gasteiger partial charge on any atom is -0.496 e. The van der Waals surface area contributed by atoms with Crippen LogP contribution in [-0.4, -0.2) is 57.8 Å². The molecule has 5 nitrogen and oxygen atoms in total. The fourth-order valence-corrected chi connectivity index (χ4v) is 3.87. The van der Waals surface area contributed by atoms with Gasteiger partial charge < -0.3 is 19.5 Å². The van der Waals surface area contributed by atoms with Crippen molar-refractivity contribution in [2.24, 2.45) is 5.92 Å². The molecule has 0 spiro atoms. The number of halogens is 3. The van der Waals surface area contributed by atoms with Gasteiger partial charge in [-0.3, -0.25) is 4.90 Å². The third-order valence-corrected chi connectivity index (χ3v) is 5.01. The summed E-state index contributed by atoms with van der Waals surface area (Å²) in [7, 11) is 1.48. The third kappa shape index (κ3) is 4.81. The molecule has 0 radical (unpaired) electrons. The Morgan fingerprint density at radius 3 is 2.50 bits per heavy atom. The first kappa shape index (κ1) is 19.3. The zero-order chi connectivity index (χ0) is 18.6. The number of piperazine rings is 1. The number of hydrogen-bond acceptors (Lipinski definition) is 5. The van der Waals surface area contributed by atoms with Crippen LogP contribution in [0.2, 0.25) is 0 Å². The zero-order valence-corrected chi connectivity index (χ0v) is 14.8. The Morgan fingerprint density at radius 1 is 1.19 bits per heavy atom. The molecule has 1 aromatic carbocycles. The SMILES string of the molecule is COc1cc(OC(F)(F)F)ccc1[C@@H](C1CCOCC1)N1CCNCC1. The summed E-state index contributed by atoms with van der Waals surface area (Å²) < 4.78 is 52.6.